The van der Waals surface area contributed by atoms with Gasteiger partial charge in [0.05, 0.1) is 10.3 Å². The van der Waals surface area contributed by atoms with E-state index in [2.05, 4.69) is 39.0 Å². The van der Waals surface area contributed by atoms with Crippen molar-refractivity contribution in [3.05, 3.63) is 29.3 Å². The van der Waals surface area contributed by atoms with Gasteiger partial charge in [-0.25, -0.2) is 0 Å². The molecule has 122 valence electrons. The van der Waals surface area contributed by atoms with Crippen molar-refractivity contribution in [2.75, 3.05) is 23.1 Å². The SMILES string of the molecule is CCc1cccc(CC)c1N(CC1SCC(C)S1)C(=O)CCl. The summed E-state index contributed by atoms with van der Waals surface area (Å²) in [6.07, 6.45) is 1.85. The minimum Gasteiger partial charge on any atom is -0.309 e. The highest BCUT2D eigenvalue weighted by atomic mass is 35.5. The van der Waals surface area contributed by atoms with E-state index in [1.54, 1.807) is 0 Å². The van der Waals surface area contributed by atoms with Crippen LogP contribution < -0.4 is 4.90 Å². The molecule has 1 aliphatic heterocycles. The second-order valence-electron chi connectivity index (χ2n) is 5.48. The fraction of sp³-hybridized carbons (Fsp3) is 0.588. The number of carbonyl (C=O) groups excluding carboxylic acids is 1. The highest BCUT2D eigenvalue weighted by molar-refractivity contribution is 8.20. The largest absolute Gasteiger partial charge is 0.309 e. The second kappa shape index (κ2) is 8.51. The molecule has 1 aromatic carbocycles. The Balaban J connectivity index is 2.34. The van der Waals surface area contributed by atoms with E-state index in [4.69, 9.17) is 11.6 Å². The first kappa shape index (κ1) is 18.0. The molecule has 2 nitrogen and oxygen atoms in total. The molecule has 1 aliphatic rings. The van der Waals surface area contributed by atoms with E-state index in [9.17, 15) is 4.79 Å². The van der Waals surface area contributed by atoms with Gasteiger partial charge in [0, 0.05) is 17.5 Å². The molecule has 22 heavy (non-hydrogen) atoms. The number of nitrogens with zero attached hydrogens (tertiary/aromatic N) is 1. The smallest absolute Gasteiger partial charge is 0.241 e. The van der Waals surface area contributed by atoms with Gasteiger partial charge in [-0.1, -0.05) is 39.0 Å². The van der Waals surface area contributed by atoms with Crippen molar-refractivity contribution >= 4 is 46.7 Å². The molecule has 2 atom stereocenters. The molecule has 0 saturated carbocycles. The maximum absolute atomic E-state index is 12.5. The van der Waals surface area contributed by atoms with Gasteiger partial charge in [0.25, 0.3) is 0 Å². The van der Waals surface area contributed by atoms with E-state index in [0.717, 1.165) is 30.8 Å². The highest BCUT2D eigenvalue weighted by Crippen LogP contribution is 2.39. The topological polar surface area (TPSA) is 20.3 Å². The molecule has 0 N–H and O–H groups in total. The molecule has 5 heteroatoms. The quantitative estimate of drug-likeness (QED) is 0.695. The predicted molar refractivity (Wildman–Crippen MR) is 102 cm³/mol. The lowest BCUT2D eigenvalue weighted by molar-refractivity contribution is -0.116. The first-order chi connectivity index (χ1) is 10.6. The number of amides is 1. The van der Waals surface area contributed by atoms with E-state index in [1.165, 1.54) is 11.1 Å². The van der Waals surface area contributed by atoms with Crippen LogP contribution in [-0.4, -0.2) is 33.9 Å². The molecule has 1 fully saturated rings. The monoisotopic (exact) mass is 357 g/mol. The van der Waals surface area contributed by atoms with Crippen LogP contribution in [0.4, 0.5) is 5.69 Å². The molecule has 0 aromatic heterocycles. The second-order valence-corrected chi connectivity index (χ2v) is 8.93. The number of anilines is 1. The van der Waals surface area contributed by atoms with Gasteiger partial charge in [0.15, 0.2) is 0 Å². The van der Waals surface area contributed by atoms with E-state index >= 15 is 0 Å². The summed E-state index contributed by atoms with van der Waals surface area (Å²) in [5.74, 6) is 1.21. The van der Waals surface area contributed by atoms with E-state index < -0.39 is 0 Å². The first-order valence-electron chi connectivity index (χ1n) is 7.84. The number of hydrogen-bond acceptors (Lipinski definition) is 3. The van der Waals surface area contributed by atoms with Gasteiger partial charge < -0.3 is 4.90 Å². The number of aryl methyl sites for hydroxylation is 2. The lowest BCUT2D eigenvalue weighted by Gasteiger charge is -2.29. The molecule has 2 unspecified atom stereocenters. The van der Waals surface area contributed by atoms with Crippen LogP contribution in [0, 0.1) is 0 Å². The lowest BCUT2D eigenvalue weighted by atomic mass is 10.0. The van der Waals surface area contributed by atoms with Crippen LogP contribution >= 0.6 is 35.1 Å². The molecule has 1 heterocycles. The van der Waals surface area contributed by atoms with Crippen LogP contribution in [0.1, 0.15) is 31.9 Å². The normalized spacial score (nSPS) is 21.1. The zero-order valence-corrected chi connectivity index (χ0v) is 15.9. The molecule has 1 saturated heterocycles. The molecule has 0 radical (unpaired) electrons. The zero-order chi connectivity index (χ0) is 16.1. The Morgan fingerprint density at radius 1 is 1.32 bits per heavy atom. The third kappa shape index (κ3) is 4.15. The fourth-order valence-electron chi connectivity index (χ4n) is 2.78. The van der Waals surface area contributed by atoms with E-state index in [1.807, 2.05) is 28.4 Å². The van der Waals surface area contributed by atoms with Gasteiger partial charge in [-0.05, 0) is 24.0 Å². The highest BCUT2D eigenvalue weighted by Gasteiger charge is 2.28. The minimum absolute atomic E-state index is 0.0121. The molecule has 1 amide bonds. The summed E-state index contributed by atoms with van der Waals surface area (Å²) in [5.41, 5.74) is 3.57. The summed E-state index contributed by atoms with van der Waals surface area (Å²) in [6.45, 7) is 7.28. The van der Waals surface area contributed by atoms with Gasteiger partial charge in [0.1, 0.15) is 5.88 Å². The summed E-state index contributed by atoms with van der Waals surface area (Å²) in [4.78, 5) is 14.4. The van der Waals surface area contributed by atoms with Crippen LogP contribution in [0.25, 0.3) is 0 Å². The number of para-hydroxylation sites is 1. The maximum atomic E-state index is 12.5. The van der Waals surface area contributed by atoms with Gasteiger partial charge in [0.2, 0.25) is 5.91 Å². The Morgan fingerprint density at radius 2 is 1.95 bits per heavy atom. The molecule has 2 rings (SSSR count). The third-order valence-corrected chi connectivity index (χ3v) is 7.36. The summed E-state index contributed by atoms with van der Waals surface area (Å²) in [5, 5.41) is 0.662. The van der Waals surface area contributed by atoms with Crippen LogP contribution in [0.15, 0.2) is 18.2 Å². The zero-order valence-electron chi connectivity index (χ0n) is 13.5. The molecule has 1 aromatic rings. The van der Waals surface area contributed by atoms with Crippen LogP contribution in [-0.2, 0) is 17.6 Å². The number of halogens is 1. The van der Waals surface area contributed by atoms with Crippen molar-refractivity contribution in [2.45, 2.75) is 43.4 Å². The summed E-state index contributed by atoms with van der Waals surface area (Å²) in [7, 11) is 0. The maximum Gasteiger partial charge on any atom is 0.241 e. The Hall–Kier alpha value is -0.320. The molecule has 0 bridgehead atoms. The van der Waals surface area contributed by atoms with Crippen molar-refractivity contribution < 1.29 is 4.79 Å². The minimum atomic E-state index is 0.0121. The van der Waals surface area contributed by atoms with Crippen molar-refractivity contribution in [1.29, 1.82) is 0 Å². The van der Waals surface area contributed by atoms with E-state index in [0.29, 0.717) is 9.83 Å². The van der Waals surface area contributed by atoms with Crippen molar-refractivity contribution in [1.82, 2.24) is 0 Å². The van der Waals surface area contributed by atoms with Crippen molar-refractivity contribution in [3.8, 4) is 0 Å². The van der Waals surface area contributed by atoms with Gasteiger partial charge in [-0.3, -0.25) is 4.79 Å². The average Bonchev–Trinajstić information content (AvgIpc) is 2.96. The van der Waals surface area contributed by atoms with Gasteiger partial charge >= 0.3 is 0 Å². The number of carbonyl (C=O) groups is 1. The number of hydrogen-bond donors (Lipinski definition) is 0. The summed E-state index contributed by atoms with van der Waals surface area (Å²) >= 11 is 9.82. The van der Waals surface area contributed by atoms with Crippen molar-refractivity contribution in [2.24, 2.45) is 0 Å². The Morgan fingerprint density at radius 3 is 2.41 bits per heavy atom. The summed E-state index contributed by atoms with van der Waals surface area (Å²) < 4.78 is 0.441. The number of benzene rings is 1. The Labute approximate surface area is 147 Å². The van der Waals surface area contributed by atoms with E-state index in [-0.39, 0.29) is 11.8 Å². The Bertz CT molecular complexity index is 501. The third-order valence-electron chi connectivity index (χ3n) is 3.88. The number of alkyl halides is 1. The van der Waals surface area contributed by atoms with Crippen LogP contribution in [0.3, 0.4) is 0 Å². The fourth-order valence-corrected chi connectivity index (χ4v) is 6.08. The first-order valence-corrected chi connectivity index (χ1v) is 10.4. The lowest BCUT2D eigenvalue weighted by Crippen LogP contribution is -2.37. The van der Waals surface area contributed by atoms with Crippen molar-refractivity contribution in [3.63, 3.8) is 0 Å². The van der Waals surface area contributed by atoms with Crippen LogP contribution in [0.5, 0.6) is 0 Å². The average molecular weight is 358 g/mol. The molecular formula is C17H24ClNOS2. The summed E-state index contributed by atoms with van der Waals surface area (Å²) in [6, 6.07) is 6.34. The van der Waals surface area contributed by atoms with Gasteiger partial charge in [-0.2, -0.15) is 0 Å². The molecule has 0 spiro atoms. The Kier molecular flexibility index (Phi) is 6.97. The number of thioether (sulfide) groups is 2. The standard InChI is InChI=1S/C17H24ClNOS2/c1-4-13-7-6-8-14(5-2)17(13)19(15(20)9-18)10-16-21-11-12(3)22-16/h6-8,12,16H,4-5,9-11H2,1-3H3. The number of rotatable bonds is 6. The van der Waals surface area contributed by atoms with Gasteiger partial charge in [-0.15, -0.1) is 35.1 Å². The predicted octanol–water partition coefficient (Wildman–Crippen LogP) is 4.58. The molecular weight excluding hydrogens is 334 g/mol. The van der Waals surface area contributed by atoms with Crippen LogP contribution in [0.2, 0.25) is 0 Å². The molecule has 0 aliphatic carbocycles.